The number of nitrogens with one attached hydrogen (secondary N) is 3. The van der Waals surface area contributed by atoms with Crippen molar-refractivity contribution in [2.45, 2.75) is 78.5 Å². The molecule has 0 saturated carbocycles. The normalized spacial score (nSPS) is 20.4. The van der Waals surface area contributed by atoms with Crippen LogP contribution in [0, 0.1) is 38.5 Å². The van der Waals surface area contributed by atoms with Gasteiger partial charge in [0.05, 0.1) is 6.10 Å². The van der Waals surface area contributed by atoms with Gasteiger partial charge >= 0.3 is 0 Å². The number of piperidine rings is 1. The third-order valence-electron chi connectivity index (χ3n) is 7.89. The summed E-state index contributed by atoms with van der Waals surface area (Å²) in [5.74, 6) is 7.02. The summed E-state index contributed by atoms with van der Waals surface area (Å²) in [6, 6.07) is 6.18. The second-order valence-corrected chi connectivity index (χ2v) is 10.9. The molecule has 7 heteroatoms. The highest BCUT2D eigenvalue weighted by Crippen LogP contribution is 2.27. The molecule has 2 aliphatic heterocycles. The van der Waals surface area contributed by atoms with Crippen molar-refractivity contribution in [3.63, 3.8) is 0 Å². The molecule has 1 aromatic carbocycles. The maximum atomic E-state index is 13.4. The van der Waals surface area contributed by atoms with E-state index in [-0.39, 0.29) is 30.2 Å². The maximum Gasteiger partial charge on any atom is 0.253 e. The maximum absolute atomic E-state index is 13.4. The summed E-state index contributed by atoms with van der Waals surface area (Å²) in [6.45, 7) is 10.9. The second-order valence-electron chi connectivity index (χ2n) is 10.9. The molecule has 1 amide bonds. The first-order valence-corrected chi connectivity index (χ1v) is 13.9. The van der Waals surface area contributed by atoms with Crippen LogP contribution >= 0.6 is 0 Å². The average molecular weight is 519 g/mol. The second kappa shape index (κ2) is 12.6. The van der Waals surface area contributed by atoms with E-state index in [1.54, 1.807) is 0 Å². The number of rotatable bonds is 6. The number of likely N-dealkylation sites (tertiary alicyclic amines) is 1. The van der Waals surface area contributed by atoms with Gasteiger partial charge in [-0.3, -0.25) is 9.59 Å². The number of anilines is 1. The van der Waals surface area contributed by atoms with E-state index in [0.29, 0.717) is 17.0 Å². The number of H-pyrrole nitrogens is 1. The Kier molecular flexibility index (Phi) is 9.30. The van der Waals surface area contributed by atoms with Gasteiger partial charge in [-0.1, -0.05) is 18.8 Å². The van der Waals surface area contributed by atoms with Gasteiger partial charge in [0.2, 0.25) is 0 Å². The van der Waals surface area contributed by atoms with Gasteiger partial charge in [0.1, 0.15) is 0 Å². The summed E-state index contributed by atoms with van der Waals surface area (Å²) < 4.78 is 5.87. The number of hydrogen-bond donors (Lipinski definition) is 3. The predicted molar refractivity (Wildman–Crippen MR) is 153 cm³/mol. The Labute approximate surface area is 226 Å². The molecular weight excluding hydrogens is 476 g/mol. The summed E-state index contributed by atoms with van der Waals surface area (Å²) in [4.78, 5) is 31.1. The number of pyridine rings is 1. The molecule has 2 saturated heterocycles. The van der Waals surface area contributed by atoms with E-state index in [1.807, 2.05) is 32.9 Å². The fourth-order valence-corrected chi connectivity index (χ4v) is 5.39. The number of amides is 1. The highest BCUT2D eigenvalue weighted by atomic mass is 16.5. The lowest BCUT2D eigenvalue weighted by molar-refractivity contribution is 0.00924. The lowest BCUT2D eigenvalue weighted by Crippen LogP contribution is -2.34. The van der Waals surface area contributed by atoms with Crippen LogP contribution in [0.5, 0.6) is 0 Å². The lowest BCUT2D eigenvalue weighted by atomic mass is 9.96. The largest absolute Gasteiger partial charge is 0.382 e. The van der Waals surface area contributed by atoms with Crippen molar-refractivity contribution in [1.29, 1.82) is 0 Å². The summed E-state index contributed by atoms with van der Waals surface area (Å²) in [5.41, 5.74) is 5.35. The van der Waals surface area contributed by atoms with Gasteiger partial charge in [0.15, 0.2) is 0 Å². The standard InChI is InChI=1S/C31H42N4O3/c1-6-26-18-25(11-14-38-26)34-29-17-24(8-7-23-9-12-35(5)13-10-23)16-27(22(29)4)30(36)32-19-28-20(2)15-21(3)33-31(28)37/h15-17,23,25-26,34H,6,9-14,18-19H2,1-5H3,(H,32,36)(H,33,37). The number of carbonyl (C=O) groups is 1. The van der Waals surface area contributed by atoms with Crippen molar-refractivity contribution in [2.24, 2.45) is 5.92 Å². The molecule has 2 aromatic rings. The van der Waals surface area contributed by atoms with Crippen LogP contribution in [0.4, 0.5) is 5.69 Å². The molecule has 2 atom stereocenters. The first kappa shape index (κ1) is 27.9. The molecular formula is C31H42N4O3. The van der Waals surface area contributed by atoms with Crippen molar-refractivity contribution in [2.75, 3.05) is 32.1 Å². The Hall–Kier alpha value is -3.08. The summed E-state index contributed by atoms with van der Waals surface area (Å²) in [6.07, 6.45) is 5.26. The van der Waals surface area contributed by atoms with E-state index in [9.17, 15) is 9.59 Å². The number of aromatic amines is 1. The molecule has 3 N–H and O–H groups in total. The van der Waals surface area contributed by atoms with Crippen LogP contribution in [0.1, 0.15) is 77.3 Å². The number of nitrogens with zero attached hydrogens (tertiary/aromatic N) is 1. The minimum atomic E-state index is -0.203. The zero-order chi connectivity index (χ0) is 27.2. The molecule has 204 valence electrons. The first-order valence-electron chi connectivity index (χ1n) is 13.9. The Bertz CT molecular complexity index is 1260. The van der Waals surface area contributed by atoms with Crippen molar-refractivity contribution in [3.8, 4) is 11.8 Å². The van der Waals surface area contributed by atoms with Gasteiger partial charge < -0.3 is 25.3 Å². The quantitative estimate of drug-likeness (QED) is 0.497. The Morgan fingerprint density at radius 1 is 1.16 bits per heavy atom. The Balaban J connectivity index is 1.59. The van der Waals surface area contributed by atoms with Crippen LogP contribution in [0.25, 0.3) is 0 Å². The van der Waals surface area contributed by atoms with E-state index >= 15 is 0 Å². The third-order valence-corrected chi connectivity index (χ3v) is 7.89. The molecule has 38 heavy (non-hydrogen) atoms. The van der Waals surface area contributed by atoms with E-state index in [0.717, 1.165) is 79.9 Å². The number of hydrogen-bond acceptors (Lipinski definition) is 5. The first-order chi connectivity index (χ1) is 18.2. The van der Waals surface area contributed by atoms with Crippen LogP contribution in [-0.4, -0.2) is 54.7 Å². The van der Waals surface area contributed by atoms with E-state index in [1.165, 1.54) is 0 Å². The topological polar surface area (TPSA) is 86.5 Å². The molecule has 3 heterocycles. The van der Waals surface area contributed by atoms with Gasteiger partial charge in [-0.2, -0.15) is 0 Å². The minimum Gasteiger partial charge on any atom is -0.382 e. The number of carbonyl (C=O) groups excluding carboxylic acids is 1. The molecule has 1 aromatic heterocycles. The van der Waals surface area contributed by atoms with Gasteiger partial charge in [-0.05, 0) is 102 Å². The molecule has 4 rings (SSSR count). The van der Waals surface area contributed by atoms with Crippen molar-refractivity contribution in [3.05, 3.63) is 62.1 Å². The molecule has 2 fully saturated rings. The fraction of sp³-hybridized carbons (Fsp3) is 0.548. The van der Waals surface area contributed by atoms with Gasteiger partial charge in [0.25, 0.3) is 11.5 Å². The van der Waals surface area contributed by atoms with E-state index in [2.05, 4.69) is 52.4 Å². The van der Waals surface area contributed by atoms with Crippen LogP contribution < -0.4 is 16.2 Å². The molecule has 0 spiro atoms. The summed E-state index contributed by atoms with van der Waals surface area (Å²) in [7, 11) is 2.15. The van der Waals surface area contributed by atoms with Crippen molar-refractivity contribution in [1.82, 2.24) is 15.2 Å². The minimum absolute atomic E-state index is 0.162. The van der Waals surface area contributed by atoms with Gasteiger partial charge in [0, 0.05) is 53.2 Å². The number of aromatic nitrogens is 1. The summed E-state index contributed by atoms with van der Waals surface area (Å²) in [5, 5.41) is 6.68. The molecule has 0 bridgehead atoms. The smallest absolute Gasteiger partial charge is 0.253 e. The zero-order valence-corrected chi connectivity index (χ0v) is 23.5. The number of benzene rings is 1. The molecule has 7 nitrogen and oxygen atoms in total. The Morgan fingerprint density at radius 3 is 2.63 bits per heavy atom. The van der Waals surface area contributed by atoms with E-state index < -0.39 is 0 Å². The van der Waals surface area contributed by atoms with Crippen molar-refractivity contribution < 1.29 is 9.53 Å². The van der Waals surface area contributed by atoms with Gasteiger partial charge in [-0.25, -0.2) is 0 Å². The van der Waals surface area contributed by atoms with Crippen LogP contribution in [0.2, 0.25) is 0 Å². The SMILES string of the molecule is CCC1CC(Nc2cc(C#CC3CCN(C)CC3)cc(C(=O)NCc3c(C)cc(C)[nH]c3=O)c2C)CCO1. The highest BCUT2D eigenvalue weighted by molar-refractivity contribution is 5.97. The highest BCUT2D eigenvalue weighted by Gasteiger charge is 2.23. The third kappa shape index (κ3) is 7.06. The van der Waals surface area contributed by atoms with E-state index in [4.69, 9.17) is 4.74 Å². The summed E-state index contributed by atoms with van der Waals surface area (Å²) >= 11 is 0. The zero-order valence-electron chi connectivity index (χ0n) is 23.5. The monoisotopic (exact) mass is 518 g/mol. The molecule has 0 aliphatic carbocycles. The number of ether oxygens (including phenoxy) is 1. The molecule has 0 radical (unpaired) electrons. The molecule has 2 unspecified atom stereocenters. The van der Waals surface area contributed by atoms with Crippen LogP contribution in [-0.2, 0) is 11.3 Å². The fourth-order valence-electron chi connectivity index (χ4n) is 5.39. The number of aryl methyl sites for hydroxylation is 2. The molecule has 2 aliphatic rings. The van der Waals surface area contributed by atoms with Crippen LogP contribution in [0.3, 0.4) is 0 Å². The Morgan fingerprint density at radius 2 is 1.92 bits per heavy atom. The van der Waals surface area contributed by atoms with Crippen LogP contribution in [0.15, 0.2) is 23.0 Å². The van der Waals surface area contributed by atoms with Crippen molar-refractivity contribution >= 4 is 11.6 Å². The van der Waals surface area contributed by atoms with Gasteiger partial charge in [-0.15, -0.1) is 0 Å². The predicted octanol–water partition coefficient (Wildman–Crippen LogP) is 4.29. The lowest BCUT2D eigenvalue weighted by Gasteiger charge is -2.31. The average Bonchev–Trinajstić information content (AvgIpc) is 2.89.